The van der Waals surface area contributed by atoms with Crippen molar-refractivity contribution in [2.75, 3.05) is 0 Å². The number of hydrogen-bond acceptors (Lipinski definition) is 3. The van der Waals surface area contributed by atoms with Crippen LogP contribution in [0.1, 0.15) is 5.56 Å². The Balaban J connectivity index is 2.51. The predicted molar refractivity (Wildman–Crippen MR) is 78.0 cm³/mol. The lowest BCUT2D eigenvalue weighted by molar-refractivity contribution is -0.136. The number of pyridine rings is 1. The first-order chi connectivity index (χ1) is 10.8. The molecule has 0 bridgehead atoms. The van der Waals surface area contributed by atoms with Gasteiger partial charge in [-0.1, -0.05) is 30.3 Å². The Kier molecular flexibility index (Phi) is 3.32. The van der Waals surface area contributed by atoms with Crippen molar-refractivity contribution in [3.63, 3.8) is 0 Å². The van der Waals surface area contributed by atoms with Crippen LogP contribution in [0.15, 0.2) is 46.0 Å². The van der Waals surface area contributed by atoms with Gasteiger partial charge in [-0.15, -0.1) is 0 Å². The van der Waals surface area contributed by atoms with Crippen molar-refractivity contribution in [1.29, 1.82) is 0 Å². The number of fused-ring (bicyclic) bond motifs is 1. The first kappa shape index (κ1) is 15.0. The largest absolute Gasteiger partial charge is 0.417 e. The monoisotopic (exact) mass is 321 g/mol. The molecule has 0 fully saturated rings. The van der Waals surface area contributed by atoms with Gasteiger partial charge in [-0.05, 0) is 6.07 Å². The summed E-state index contributed by atoms with van der Waals surface area (Å²) in [5, 5.41) is -0.653. The number of nitrogens with zero attached hydrogens (tertiary/aromatic N) is 2. The highest BCUT2D eigenvalue weighted by Crippen LogP contribution is 2.35. The molecule has 0 aliphatic heterocycles. The average molecular weight is 321 g/mol. The molecule has 3 aromatic rings. The minimum Gasteiger partial charge on any atom is -0.281 e. The van der Waals surface area contributed by atoms with Crippen LogP contribution >= 0.6 is 0 Å². The third-order valence-electron chi connectivity index (χ3n) is 3.45. The number of aromatic amines is 1. The molecule has 2 aromatic heterocycles. The van der Waals surface area contributed by atoms with Crippen molar-refractivity contribution in [2.45, 2.75) is 6.18 Å². The Morgan fingerprint density at radius 1 is 1.13 bits per heavy atom. The Labute approximate surface area is 127 Å². The lowest BCUT2D eigenvalue weighted by atomic mass is 10.1. The van der Waals surface area contributed by atoms with Crippen molar-refractivity contribution in [3.05, 3.63) is 62.8 Å². The molecular weight excluding hydrogens is 311 g/mol. The van der Waals surface area contributed by atoms with E-state index >= 15 is 0 Å². The summed E-state index contributed by atoms with van der Waals surface area (Å²) < 4.78 is 41.0. The van der Waals surface area contributed by atoms with Gasteiger partial charge in [-0.25, -0.2) is 9.78 Å². The molecule has 0 radical (unpaired) electrons. The Morgan fingerprint density at radius 2 is 1.78 bits per heavy atom. The topological polar surface area (TPSA) is 67.8 Å². The normalized spacial score (nSPS) is 11.8. The molecule has 118 valence electrons. The molecule has 8 heteroatoms. The number of aromatic nitrogens is 3. The van der Waals surface area contributed by atoms with Crippen LogP contribution in [-0.2, 0) is 13.2 Å². The second-order valence-electron chi connectivity index (χ2n) is 4.94. The summed E-state index contributed by atoms with van der Waals surface area (Å²) in [5.41, 5.74) is -2.89. The molecule has 0 unspecified atom stereocenters. The molecule has 1 N–H and O–H groups in total. The molecule has 0 amide bonds. The quantitative estimate of drug-likeness (QED) is 0.748. The van der Waals surface area contributed by atoms with E-state index in [1.165, 1.54) is 7.05 Å². The van der Waals surface area contributed by atoms with E-state index in [9.17, 15) is 22.8 Å². The van der Waals surface area contributed by atoms with Gasteiger partial charge >= 0.3 is 11.9 Å². The lowest BCUT2D eigenvalue weighted by Crippen LogP contribution is -2.30. The minimum absolute atomic E-state index is 0.0334. The first-order valence-electron chi connectivity index (χ1n) is 6.55. The number of alkyl halides is 3. The van der Waals surface area contributed by atoms with Crippen molar-refractivity contribution in [2.24, 2.45) is 7.05 Å². The molecule has 0 saturated carbocycles. The molecule has 3 rings (SSSR count). The van der Waals surface area contributed by atoms with Crippen molar-refractivity contribution in [3.8, 4) is 11.3 Å². The van der Waals surface area contributed by atoms with Crippen LogP contribution in [0, 0.1) is 0 Å². The molecule has 1 aromatic carbocycles. The fourth-order valence-electron chi connectivity index (χ4n) is 2.32. The number of halogens is 3. The summed E-state index contributed by atoms with van der Waals surface area (Å²) in [6.07, 6.45) is -4.75. The highest BCUT2D eigenvalue weighted by Gasteiger charge is 2.35. The zero-order valence-electron chi connectivity index (χ0n) is 11.8. The maximum Gasteiger partial charge on any atom is 0.417 e. The highest BCUT2D eigenvalue weighted by molar-refractivity contribution is 5.82. The lowest BCUT2D eigenvalue weighted by Gasteiger charge is -2.13. The molecule has 2 heterocycles. The Hall–Kier alpha value is -2.90. The standard InChI is InChI=1S/C15H10F3N3O2/c1-21-12-11(13(22)20-14(21)23)9(15(16,17)18)7-10(19-12)8-5-3-2-4-6-8/h2-7H,1H3,(H,20,22,23). The Bertz CT molecular complexity index is 1000. The fraction of sp³-hybridized carbons (Fsp3) is 0.133. The molecule has 0 spiro atoms. The van der Waals surface area contributed by atoms with Crippen LogP contribution in [0.4, 0.5) is 13.2 Å². The molecule has 0 aliphatic rings. The van der Waals surface area contributed by atoms with E-state index < -0.39 is 28.4 Å². The van der Waals surface area contributed by atoms with Gasteiger partial charge in [0, 0.05) is 12.6 Å². The number of rotatable bonds is 1. The first-order valence-corrected chi connectivity index (χ1v) is 6.55. The Morgan fingerprint density at radius 3 is 2.39 bits per heavy atom. The van der Waals surface area contributed by atoms with Gasteiger partial charge in [0.25, 0.3) is 5.56 Å². The van der Waals surface area contributed by atoms with Crippen molar-refractivity contribution >= 4 is 11.0 Å². The molecule has 0 saturated heterocycles. The van der Waals surface area contributed by atoms with Crippen LogP contribution in [0.2, 0.25) is 0 Å². The minimum atomic E-state index is -4.75. The van der Waals surface area contributed by atoms with Gasteiger partial charge in [0.1, 0.15) is 0 Å². The molecule has 0 atom stereocenters. The summed E-state index contributed by atoms with van der Waals surface area (Å²) >= 11 is 0. The van der Waals surface area contributed by atoms with E-state index in [-0.39, 0.29) is 11.3 Å². The summed E-state index contributed by atoms with van der Waals surface area (Å²) in [6, 6.07) is 9.04. The maximum atomic E-state index is 13.4. The second kappa shape index (κ2) is 5.08. The predicted octanol–water partition coefficient (Wildman–Crippen LogP) is 2.31. The van der Waals surface area contributed by atoms with E-state index in [4.69, 9.17) is 0 Å². The van der Waals surface area contributed by atoms with Crippen molar-refractivity contribution in [1.82, 2.24) is 14.5 Å². The third kappa shape index (κ3) is 2.52. The van der Waals surface area contributed by atoms with E-state index in [1.54, 1.807) is 30.3 Å². The summed E-state index contributed by atoms with van der Waals surface area (Å²) in [7, 11) is 1.25. The van der Waals surface area contributed by atoms with Crippen LogP contribution < -0.4 is 11.2 Å². The summed E-state index contributed by atoms with van der Waals surface area (Å²) in [5.74, 6) is 0. The van der Waals surface area contributed by atoms with E-state index in [0.717, 1.165) is 10.6 Å². The number of nitrogens with one attached hydrogen (secondary N) is 1. The van der Waals surface area contributed by atoms with Gasteiger partial charge < -0.3 is 0 Å². The van der Waals surface area contributed by atoms with E-state index in [0.29, 0.717) is 5.56 Å². The van der Waals surface area contributed by atoms with Crippen LogP contribution in [0.25, 0.3) is 22.3 Å². The number of aryl methyl sites for hydroxylation is 1. The molecule has 0 aliphatic carbocycles. The van der Waals surface area contributed by atoms with Crippen LogP contribution in [0.5, 0.6) is 0 Å². The van der Waals surface area contributed by atoms with E-state index in [2.05, 4.69) is 4.98 Å². The summed E-state index contributed by atoms with van der Waals surface area (Å²) in [4.78, 5) is 29.5. The SMILES string of the molecule is Cn1c(=O)[nH]c(=O)c2c(C(F)(F)F)cc(-c3ccccc3)nc21. The van der Waals surface area contributed by atoms with Gasteiger partial charge in [-0.3, -0.25) is 14.3 Å². The van der Waals surface area contributed by atoms with E-state index in [1.807, 2.05) is 4.98 Å². The molecule has 23 heavy (non-hydrogen) atoms. The third-order valence-corrected chi connectivity index (χ3v) is 3.45. The average Bonchev–Trinajstić information content (AvgIpc) is 2.51. The van der Waals surface area contributed by atoms with Gasteiger partial charge in [0.15, 0.2) is 5.65 Å². The van der Waals surface area contributed by atoms with Gasteiger partial charge in [0.05, 0.1) is 16.6 Å². The van der Waals surface area contributed by atoms with Gasteiger partial charge in [-0.2, -0.15) is 13.2 Å². The fourth-order valence-corrected chi connectivity index (χ4v) is 2.32. The number of H-pyrrole nitrogens is 1. The molecule has 5 nitrogen and oxygen atoms in total. The maximum absolute atomic E-state index is 13.4. The zero-order chi connectivity index (χ0) is 16.8. The highest BCUT2D eigenvalue weighted by atomic mass is 19.4. The second-order valence-corrected chi connectivity index (χ2v) is 4.94. The van der Waals surface area contributed by atoms with Crippen molar-refractivity contribution < 1.29 is 13.2 Å². The van der Waals surface area contributed by atoms with Crippen LogP contribution in [0.3, 0.4) is 0 Å². The smallest absolute Gasteiger partial charge is 0.281 e. The van der Waals surface area contributed by atoms with Gasteiger partial charge in [0.2, 0.25) is 0 Å². The summed E-state index contributed by atoms with van der Waals surface area (Å²) in [6.45, 7) is 0. The number of hydrogen-bond donors (Lipinski definition) is 1. The molecular formula is C15H10F3N3O2. The number of benzene rings is 1. The zero-order valence-corrected chi connectivity index (χ0v) is 11.8. The van der Waals surface area contributed by atoms with Crippen LogP contribution in [-0.4, -0.2) is 14.5 Å².